The summed E-state index contributed by atoms with van der Waals surface area (Å²) in [6.07, 6.45) is 0. The summed E-state index contributed by atoms with van der Waals surface area (Å²) in [4.78, 5) is 10.9. The number of benzene rings is 2. The number of fused-ring (bicyclic) bond motifs is 1. The van der Waals surface area contributed by atoms with Gasteiger partial charge in [-0.25, -0.2) is 4.79 Å². The van der Waals surface area contributed by atoms with Crippen molar-refractivity contribution in [3.63, 3.8) is 0 Å². The van der Waals surface area contributed by atoms with E-state index in [0.717, 1.165) is 16.5 Å². The summed E-state index contributed by atoms with van der Waals surface area (Å²) in [5.41, 5.74) is 5.90. The number of carboxylic acids is 1. The number of aromatic carboxylic acids is 1. The van der Waals surface area contributed by atoms with Gasteiger partial charge in [-0.05, 0) is 42.0 Å². The molecule has 3 N–H and O–H groups in total. The zero-order valence-electron chi connectivity index (χ0n) is 10.1. The van der Waals surface area contributed by atoms with E-state index >= 15 is 0 Å². The minimum atomic E-state index is -0.922. The zero-order chi connectivity index (χ0) is 13.1. The molecule has 2 rings (SSSR count). The normalized spacial score (nSPS) is 12.3. The van der Waals surface area contributed by atoms with Crippen LogP contribution in [-0.4, -0.2) is 23.7 Å². The lowest BCUT2D eigenvalue weighted by molar-refractivity contribution is 0.0697. The van der Waals surface area contributed by atoms with E-state index in [0.29, 0.717) is 6.61 Å². The summed E-state index contributed by atoms with van der Waals surface area (Å²) < 4.78 is 5.51. The van der Waals surface area contributed by atoms with Crippen molar-refractivity contribution in [2.24, 2.45) is 5.73 Å². The summed E-state index contributed by atoms with van der Waals surface area (Å²) in [6, 6.07) is 10.5. The van der Waals surface area contributed by atoms with Crippen LogP contribution in [0.15, 0.2) is 36.4 Å². The Bertz CT molecular complexity index is 578. The van der Waals surface area contributed by atoms with Gasteiger partial charge < -0.3 is 15.6 Å². The molecule has 2 aromatic rings. The Morgan fingerprint density at radius 1 is 1.28 bits per heavy atom. The number of hydrogen-bond donors (Lipinski definition) is 2. The van der Waals surface area contributed by atoms with E-state index in [9.17, 15) is 4.79 Å². The summed E-state index contributed by atoms with van der Waals surface area (Å²) in [6.45, 7) is 2.33. The highest BCUT2D eigenvalue weighted by Gasteiger charge is 2.04. The number of hydrogen-bond acceptors (Lipinski definition) is 3. The molecule has 94 valence electrons. The third-order valence-electron chi connectivity index (χ3n) is 2.57. The molecule has 0 aliphatic rings. The summed E-state index contributed by atoms with van der Waals surface area (Å²) in [5, 5.41) is 10.7. The highest BCUT2D eigenvalue weighted by molar-refractivity contribution is 5.94. The Morgan fingerprint density at radius 3 is 2.61 bits per heavy atom. The largest absolute Gasteiger partial charge is 0.492 e. The molecule has 0 saturated heterocycles. The fourth-order valence-corrected chi connectivity index (χ4v) is 1.67. The third-order valence-corrected chi connectivity index (χ3v) is 2.57. The van der Waals surface area contributed by atoms with E-state index in [4.69, 9.17) is 15.6 Å². The van der Waals surface area contributed by atoms with Crippen LogP contribution in [0.1, 0.15) is 17.3 Å². The van der Waals surface area contributed by atoms with Crippen LogP contribution in [-0.2, 0) is 0 Å². The predicted octanol–water partition coefficient (Wildman–Crippen LogP) is 2.26. The molecule has 0 amide bonds. The van der Waals surface area contributed by atoms with Gasteiger partial charge in [0.25, 0.3) is 0 Å². The van der Waals surface area contributed by atoms with Crippen molar-refractivity contribution in [3.05, 3.63) is 42.0 Å². The molecule has 0 aliphatic heterocycles. The van der Waals surface area contributed by atoms with Crippen molar-refractivity contribution in [2.75, 3.05) is 6.61 Å². The minimum Gasteiger partial charge on any atom is -0.492 e. The van der Waals surface area contributed by atoms with Crippen molar-refractivity contribution in [1.82, 2.24) is 0 Å². The topological polar surface area (TPSA) is 72.5 Å². The predicted molar refractivity (Wildman–Crippen MR) is 70.1 cm³/mol. The molecule has 0 spiro atoms. The maximum absolute atomic E-state index is 10.9. The highest BCUT2D eigenvalue weighted by atomic mass is 16.5. The molecule has 4 heteroatoms. The molecule has 2 aromatic carbocycles. The smallest absolute Gasteiger partial charge is 0.335 e. The Kier molecular flexibility index (Phi) is 3.48. The molecule has 0 aromatic heterocycles. The van der Waals surface area contributed by atoms with Gasteiger partial charge in [0.1, 0.15) is 12.4 Å². The summed E-state index contributed by atoms with van der Waals surface area (Å²) >= 11 is 0. The fourth-order valence-electron chi connectivity index (χ4n) is 1.67. The third kappa shape index (κ3) is 2.78. The lowest BCUT2D eigenvalue weighted by Crippen LogP contribution is -2.23. The first-order valence-electron chi connectivity index (χ1n) is 5.72. The number of ether oxygens (including phenoxy) is 1. The number of rotatable bonds is 4. The van der Waals surface area contributed by atoms with Gasteiger partial charge in [0.15, 0.2) is 0 Å². The minimum absolute atomic E-state index is 0.0184. The molecule has 0 fully saturated rings. The van der Waals surface area contributed by atoms with E-state index in [-0.39, 0.29) is 11.6 Å². The molecule has 0 aliphatic carbocycles. The van der Waals surface area contributed by atoms with Gasteiger partial charge in [-0.2, -0.15) is 0 Å². The first-order chi connectivity index (χ1) is 8.56. The summed E-state index contributed by atoms with van der Waals surface area (Å²) in [7, 11) is 0. The molecule has 0 radical (unpaired) electrons. The van der Waals surface area contributed by atoms with Crippen LogP contribution in [0.5, 0.6) is 5.75 Å². The van der Waals surface area contributed by atoms with Crippen LogP contribution in [0.2, 0.25) is 0 Å². The quantitative estimate of drug-likeness (QED) is 0.866. The van der Waals surface area contributed by atoms with Gasteiger partial charge in [-0.3, -0.25) is 0 Å². The van der Waals surface area contributed by atoms with E-state index < -0.39 is 5.97 Å². The zero-order valence-corrected chi connectivity index (χ0v) is 10.1. The van der Waals surface area contributed by atoms with Crippen LogP contribution in [0.4, 0.5) is 0 Å². The SMILES string of the molecule is CC(N)COc1ccc2cc(C(=O)O)ccc2c1. The van der Waals surface area contributed by atoms with Crippen molar-refractivity contribution in [1.29, 1.82) is 0 Å². The van der Waals surface area contributed by atoms with Gasteiger partial charge in [0.2, 0.25) is 0 Å². The van der Waals surface area contributed by atoms with Crippen LogP contribution >= 0.6 is 0 Å². The van der Waals surface area contributed by atoms with E-state index in [1.165, 1.54) is 0 Å². The summed E-state index contributed by atoms with van der Waals surface area (Å²) in [5.74, 6) is -0.183. The molecular formula is C14H15NO3. The molecule has 1 unspecified atom stereocenters. The Labute approximate surface area is 105 Å². The number of carbonyl (C=O) groups is 1. The molecule has 1 atom stereocenters. The van der Waals surface area contributed by atoms with Crippen molar-refractivity contribution >= 4 is 16.7 Å². The van der Waals surface area contributed by atoms with E-state index in [1.54, 1.807) is 18.2 Å². The Hall–Kier alpha value is -2.07. The molecular weight excluding hydrogens is 230 g/mol. The van der Waals surface area contributed by atoms with Crippen molar-refractivity contribution in [2.45, 2.75) is 13.0 Å². The second-order valence-corrected chi connectivity index (χ2v) is 4.32. The van der Waals surface area contributed by atoms with Gasteiger partial charge in [-0.1, -0.05) is 12.1 Å². The Morgan fingerprint density at radius 2 is 1.94 bits per heavy atom. The lowest BCUT2D eigenvalue weighted by Gasteiger charge is -2.09. The van der Waals surface area contributed by atoms with Crippen molar-refractivity contribution in [3.8, 4) is 5.75 Å². The van der Waals surface area contributed by atoms with Gasteiger partial charge in [0.05, 0.1) is 5.56 Å². The monoisotopic (exact) mass is 245 g/mol. The number of nitrogens with two attached hydrogens (primary N) is 1. The molecule has 0 bridgehead atoms. The maximum Gasteiger partial charge on any atom is 0.335 e. The van der Waals surface area contributed by atoms with Gasteiger partial charge >= 0.3 is 5.97 Å². The molecule has 18 heavy (non-hydrogen) atoms. The van der Waals surface area contributed by atoms with E-state index in [1.807, 2.05) is 25.1 Å². The average molecular weight is 245 g/mol. The highest BCUT2D eigenvalue weighted by Crippen LogP contribution is 2.22. The van der Waals surface area contributed by atoms with Gasteiger partial charge in [0, 0.05) is 6.04 Å². The van der Waals surface area contributed by atoms with Crippen LogP contribution in [0.3, 0.4) is 0 Å². The molecule has 0 saturated carbocycles. The fraction of sp³-hybridized carbons (Fsp3) is 0.214. The molecule has 0 heterocycles. The first-order valence-corrected chi connectivity index (χ1v) is 5.72. The van der Waals surface area contributed by atoms with Crippen LogP contribution < -0.4 is 10.5 Å². The second kappa shape index (κ2) is 5.06. The van der Waals surface area contributed by atoms with Crippen LogP contribution in [0, 0.1) is 0 Å². The Balaban J connectivity index is 2.29. The van der Waals surface area contributed by atoms with Crippen LogP contribution in [0.25, 0.3) is 10.8 Å². The van der Waals surface area contributed by atoms with Gasteiger partial charge in [-0.15, -0.1) is 0 Å². The first kappa shape index (κ1) is 12.4. The molecule has 4 nitrogen and oxygen atoms in total. The van der Waals surface area contributed by atoms with Crippen molar-refractivity contribution < 1.29 is 14.6 Å². The van der Waals surface area contributed by atoms with E-state index in [2.05, 4.69) is 0 Å². The standard InChI is InChI=1S/C14H15NO3/c1-9(15)8-18-13-5-4-10-6-12(14(16)17)3-2-11(10)7-13/h2-7,9H,8,15H2,1H3,(H,16,17). The lowest BCUT2D eigenvalue weighted by atomic mass is 10.1. The maximum atomic E-state index is 10.9. The second-order valence-electron chi connectivity index (χ2n) is 4.32. The average Bonchev–Trinajstić information content (AvgIpc) is 2.35. The number of carboxylic acid groups (broad SMARTS) is 1.